The van der Waals surface area contributed by atoms with E-state index in [1.165, 1.54) is 0 Å². The molecule has 1 saturated heterocycles. The van der Waals surface area contributed by atoms with Gasteiger partial charge in [0.25, 0.3) is 0 Å². The van der Waals surface area contributed by atoms with Gasteiger partial charge in [0.2, 0.25) is 10.0 Å². The van der Waals surface area contributed by atoms with Crippen molar-refractivity contribution in [1.29, 1.82) is 0 Å². The fraction of sp³-hybridized carbons (Fsp3) is 0.684. The molecule has 1 aromatic rings. The monoisotopic (exact) mass is 366 g/mol. The van der Waals surface area contributed by atoms with Gasteiger partial charge in [-0.15, -0.1) is 0 Å². The third-order valence-corrected chi connectivity index (χ3v) is 6.73. The zero-order valence-electron chi connectivity index (χ0n) is 15.3. The van der Waals surface area contributed by atoms with Gasteiger partial charge in [-0.05, 0) is 30.9 Å². The number of benzene rings is 1. The molecule has 0 amide bonds. The van der Waals surface area contributed by atoms with Crippen LogP contribution in [0.15, 0.2) is 35.2 Å². The zero-order chi connectivity index (χ0) is 17.9. The minimum absolute atomic E-state index is 0.165. The zero-order valence-corrected chi connectivity index (χ0v) is 16.1. The van der Waals surface area contributed by atoms with Crippen LogP contribution in [0, 0.1) is 5.92 Å². The number of sulfonamides is 1. The van der Waals surface area contributed by atoms with Crippen LogP contribution < -0.4 is 4.72 Å². The first kappa shape index (κ1) is 18.8. The second-order valence-electron chi connectivity index (χ2n) is 7.77. The van der Waals surface area contributed by atoms with Crippen LogP contribution in [0.4, 0.5) is 0 Å². The van der Waals surface area contributed by atoms with Crippen molar-refractivity contribution in [2.45, 2.75) is 56.1 Å². The second-order valence-corrected chi connectivity index (χ2v) is 9.49. The SMILES string of the molecule is CC(C)CN1CCO[C@]2(CCCC[C@@H]2NS(=O)(=O)c2ccccc2)C1. The molecule has 2 aliphatic rings. The molecule has 0 bridgehead atoms. The standard InChI is InChI=1S/C19H30N2O3S/c1-16(2)14-21-12-13-24-19(15-21)11-7-6-10-18(19)20-25(22,23)17-8-4-3-5-9-17/h3-5,8-9,16,18,20H,6-7,10-15H2,1-2H3/t18-,19+/m0/s1. The maximum Gasteiger partial charge on any atom is 0.240 e. The van der Waals surface area contributed by atoms with Crippen molar-refractivity contribution in [3.05, 3.63) is 30.3 Å². The summed E-state index contributed by atoms with van der Waals surface area (Å²) in [6.45, 7) is 7.89. The lowest BCUT2D eigenvalue weighted by molar-refractivity contribution is -0.141. The number of morpholine rings is 1. The van der Waals surface area contributed by atoms with E-state index in [2.05, 4.69) is 23.5 Å². The molecule has 140 valence electrons. The smallest absolute Gasteiger partial charge is 0.240 e. The van der Waals surface area contributed by atoms with Crippen molar-refractivity contribution in [3.63, 3.8) is 0 Å². The normalized spacial score (nSPS) is 28.5. The first-order valence-electron chi connectivity index (χ1n) is 9.35. The van der Waals surface area contributed by atoms with Crippen LogP contribution in [0.1, 0.15) is 39.5 Å². The lowest BCUT2D eigenvalue weighted by Gasteiger charge is -2.49. The van der Waals surface area contributed by atoms with E-state index in [-0.39, 0.29) is 6.04 Å². The molecule has 2 atom stereocenters. The van der Waals surface area contributed by atoms with E-state index in [0.29, 0.717) is 17.4 Å². The topological polar surface area (TPSA) is 58.6 Å². The van der Waals surface area contributed by atoms with Crippen molar-refractivity contribution in [2.75, 3.05) is 26.2 Å². The molecule has 1 spiro atoms. The van der Waals surface area contributed by atoms with Crippen molar-refractivity contribution in [1.82, 2.24) is 9.62 Å². The molecule has 1 saturated carbocycles. The number of nitrogens with zero attached hydrogens (tertiary/aromatic N) is 1. The summed E-state index contributed by atoms with van der Waals surface area (Å²) in [5, 5.41) is 0. The molecule has 0 aromatic heterocycles. The van der Waals surface area contributed by atoms with Gasteiger partial charge in [0.15, 0.2) is 0 Å². The Hall–Kier alpha value is -0.950. The Morgan fingerprint density at radius 2 is 2.04 bits per heavy atom. The average molecular weight is 367 g/mol. The Morgan fingerprint density at radius 1 is 1.28 bits per heavy atom. The second kappa shape index (κ2) is 7.74. The number of hydrogen-bond acceptors (Lipinski definition) is 4. The van der Waals surface area contributed by atoms with E-state index in [1.54, 1.807) is 24.3 Å². The summed E-state index contributed by atoms with van der Waals surface area (Å²) in [6, 6.07) is 8.46. The van der Waals surface area contributed by atoms with E-state index in [4.69, 9.17) is 4.74 Å². The lowest BCUT2D eigenvalue weighted by Crippen LogP contribution is -2.64. The summed E-state index contributed by atoms with van der Waals surface area (Å²) in [7, 11) is -3.52. The van der Waals surface area contributed by atoms with Gasteiger partial charge < -0.3 is 4.74 Å². The van der Waals surface area contributed by atoms with Gasteiger partial charge in [-0.2, -0.15) is 0 Å². The number of rotatable bonds is 5. The van der Waals surface area contributed by atoms with Gasteiger partial charge in [-0.1, -0.05) is 44.9 Å². The van der Waals surface area contributed by atoms with E-state index in [0.717, 1.165) is 45.3 Å². The van der Waals surface area contributed by atoms with Gasteiger partial charge >= 0.3 is 0 Å². The van der Waals surface area contributed by atoms with Gasteiger partial charge in [0, 0.05) is 19.6 Å². The summed E-state index contributed by atoms with van der Waals surface area (Å²) in [6.07, 6.45) is 3.89. The van der Waals surface area contributed by atoms with Crippen LogP contribution in [-0.2, 0) is 14.8 Å². The Balaban J connectivity index is 1.79. The number of hydrogen-bond donors (Lipinski definition) is 1. The molecule has 25 heavy (non-hydrogen) atoms. The highest BCUT2D eigenvalue weighted by Gasteiger charge is 2.46. The summed E-state index contributed by atoms with van der Waals surface area (Å²) in [4.78, 5) is 2.76. The van der Waals surface area contributed by atoms with Crippen molar-refractivity contribution < 1.29 is 13.2 Å². The molecule has 2 fully saturated rings. The minimum atomic E-state index is -3.52. The summed E-state index contributed by atoms with van der Waals surface area (Å²) < 4.78 is 34.8. The summed E-state index contributed by atoms with van der Waals surface area (Å²) >= 11 is 0. The molecule has 1 aromatic carbocycles. The molecule has 3 rings (SSSR count). The predicted molar refractivity (Wildman–Crippen MR) is 99.0 cm³/mol. The Kier molecular flexibility index (Phi) is 5.83. The first-order chi connectivity index (χ1) is 11.9. The van der Waals surface area contributed by atoms with E-state index < -0.39 is 15.6 Å². The van der Waals surface area contributed by atoms with Crippen LogP contribution in [0.25, 0.3) is 0 Å². The van der Waals surface area contributed by atoms with Gasteiger partial charge in [-0.25, -0.2) is 13.1 Å². The van der Waals surface area contributed by atoms with Gasteiger partial charge in [0.05, 0.1) is 23.1 Å². The van der Waals surface area contributed by atoms with Crippen molar-refractivity contribution in [3.8, 4) is 0 Å². The first-order valence-corrected chi connectivity index (χ1v) is 10.8. The van der Waals surface area contributed by atoms with E-state index in [9.17, 15) is 8.42 Å². The molecule has 6 heteroatoms. The highest BCUT2D eigenvalue weighted by atomic mass is 32.2. The maximum atomic E-state index is 12.8. The third kappa shape index (κ3) is 4.42. The summed E-state index contributed by atoms with van der Waals surface area (Å²) in [5.74, 6) is 0.596. The quantitative estimate of drug-likeness (QED) is 0.870. The van der Waals surface area contributed by atoms with E-state index >= 15 is 0 Å². The molecule has 1 aliphatic carbocycles. The average Bonchev–Trinajstić information content (AvgIpc) is 2.57. The summed E-state index contributed by atoms with van der Waals surface area (Å²) in [5.41, 5.74) is -0.396. The minimum Gasteiger partial charge on any atom is -0.371 e. The van der Waals surface area contributed by atoms with Gasteiger partial charge in [0.1, 0.15) is 0 Å². The highest BCUT2D eigenvalue weighted by molar-refractivity contribution is 7.89. The fourth-order valence-corrected chi connectivity index (χ4v) is 5.51. The molecule has 1 aliphatic heterocycles. The molecular weight excluding hydrogens is 336 g/mol. The van der Waals surface area contributed by atoms with E-state index in [1.807, 2.05) is 6.07 Å². The lowest BCUT2D eigenvalue weighted by atomic mass is 9.79. The largest absolute Gasteiger partial charge is 0.371 e. The number of nitrogens with one attached hydrogen (secondary N) is 1. The highest BCUT2D eigenvalue weighted by Crippen LogP contribution is 2.36. The molecule has 0 unspecified atom stereocenters. The molecule has 1 N–H and O–H groups in total. The van der Waals surface area contributed by atoms with Crippen molar-refractivity contribution in [2.24, 2.45) is 5.92 Å². The molecule has 5 nitrogen and oxygen atoms in total. The van der Waals surface area contributed by atoms with Gasteiger partial charge in [-0.3, -0.25) is 4.90 Å². The fourth-order valence-electron chi connectivity index (χ4n) is 4.15. The van der Waals surface area contributed by atoms with Crippen LogP contribution in [-0.4, -0.2) is 51.2 Å². The van der Waals surface area contributed by atoms with Crippen LogP contribution >= 0.6 is 0 Å². The Bertz CT molecular complexity index is 659. The van der Waals surface area contributed by atoms with Crippen LogP contribution in [0.2, 0.25) is 0 Å². The molecular formula is C19H30N2O3S. The Morgan fingerprint density at radius 3 is 2.76 bits per heavy atom. The predicted octanol–water partition coefficient (Wildman–Crippen LogP) is 2.63. The third-order valence-electron chi connectivity index (χ3n) is 5.24. The molecule has 1 heterocycles. The van der Waals surface area contributed by atoms with Crippen LogP contribution in [0.5, 0.6) is 0 Å². The Labute approximate surface area is 151 Å². The number of ether oxygens (including phenoxy) is 1. The maximum absolute atomic E-state index is 12.8. The van der Waals surface area contributed by atoms with Crippen molar-refractivity contribution >= 4 is 10.0 Å². The van der Waals surface area contributed by atoms with Crippen LogP contribution in [0.3, 0.4) is 0 Å². The molecule has 0 radical (unpaired) electrons.